The van der Waals surface area contributed by atoms with E-state index in [-0.39, 0.29) is 5.91 Å². The average molecular weight is 307 g/mol. The van der Waals surface area contributed by atoms with E-state index in [1.807, 2.05) is 24.3 Å². The van der Waals surface area contributed by atoms with Crippen molar-refractivity contribution in [1.29, 1.82) is 5.26 Å². The van der Waals surface area contributed by atoms with Gasteiger partial charge in [0.25, 0.3) is 0 Å². The Kier molecular flexibility index (Phi) is 3.94. The second kappa shape index (κ2) is 6.05. The minimum Gasteiger partial charge on any atom is -0.369 e. The van der Waals surface area contributed by atoms with E-state index in [2.05, 4.69) is 21.6 Å². The van der Waals surface area contributed by atoms with Gasteiger partial charge in [-0.3, -0.25) is 4.79 Å². The van der Waals surface area contributed by atoms with Crippen molar-refractivity contribution >= 4 is 11.7 Å². The highest BCUT2D eigenvalue weighted by molar-refractivity contribution is 5.82. The lowest BCUT2D eigenvalue weighted by molar-refractivity contribution is -0.131. The number of nitrogens with zero attached hydrogens (tertiary/aromatic N) is 3. The molecule has 1 aromatic carbocycles. The Balaban J connectivity index is 1.70. The van der Waals surface area contributed by atoms with Crippen molar-refractivity contribution in [2.45, 2.75) is 19.3 Å². The number of nitrogens with one attached hydrogen (secondary N) is 1. The molecular weight excluding hydrogens is 290 g/mol. The highest BCUT2D eigenvalue weighted by Crippen LogP contribution is 2.40. The van der Waals surface area contributed by atoms with E-state index in [0.717, 1.165) is 24.8 Å². The van der Waals surface area contributed by atoms with Crippen LogP contribution in [0.3, 0.4) is 0 Å². The number of hydrogen-bond acceptors (Lipinski definition) is 5. The Bertz CT molecular complexity index is 759. The maximum atomic E-state index is 11.5. The Hall–Kier alpha value is -2.94. The number of benzene rings is 1. The number of nitrogens with two attached hydrogens (primary N) is 1. The van der Waals surface area contributed by atoms with Crippen molar-refractivity contribution in [2.24, 2.45) is 11.1 Å². The summed E-state index contributed by atoms with van der Waals surface area (Å²) in [5.74, 6) is 0.354. The molecular formula is C17H17N5O. The summed E-state index contributed by atoms with van der Waals surface area (Å²) in [6.45, 7) is 0.486. The van der Waals surface area contributed by atoms with Crippen LogP contribution < -0.4 is 11.1 Å². The maximum absolute atomic E-state index is 11.5. The van der Waals surface area contributed by atoms with Crippen LogP contribution in [0.2, 0.25) is 0 Å². The first-order valence-electron chi connectivity index (χ1n) is 7.51. The Morgan fingerprint density at radius 3 is 2.70 bits per heavy atom. The number of primary amides is 1. The van der Waals surface area contributed by atoms with E-state index in [4.69, 9.17) is 11.0 Å². The molecule has 0 spiro atoms. The van der Waals surface area contributed by atoms with E-state index >= 15 is 0 Å². The summed E-state index contributed by atoms with van der Waals surface area (Å²) in [6.07, 6.45) is 2.67. The van der Waals surface area contributed by atoms with Crippen LogP contribution in [0.5, 0.6) is 0 Å². The molecule has 2 aromatic rings. The molecule has 1 aliphatic rings. The van der Waals surface area contributed by atoms with Gasteiger partial charge >= 0.3 is 0 Å². The molecule has 116 valence electrons. The molecule has 3 rings (SSSR count). The molecule has 0 saturated heterocycles. The second-order valence-electron chi connectivity index (χ2n) is 5.85. The number of rotatable bonds is 5. The zero-order valence-corrected chi connectivity index (χ0v) is 12.6. The molecule has 1 saturated carbocycles. The van der Waals surface area contributed by atoms with Crippen LogP contribution in [-0.2, 0) is 4.79 Å². The summed E-state index contributed by atoms with van der Waals surface area (Å²) >= 11 is 0. The lowest BCUT2D eigenvalue weighted by Crippen LogP contribution is -2.47. The van der Waals surface area contributed by atoms with E-state index in [9.17, 15) is 4.79 Å². The van der Waals surface area contributed by atoms with Gasteiger partial charge < -0.3 is 11.1 Å². The van der Waals surface area contributed by atoms with Gasteiger partial charge in [-0.2, -0.15) is 5.26 Å². The van der Waals surface area contributed by atoms with Gasteiger partial charge in [0.05, 0.1) is 22.7 Å². The smallest absolute Gasteiger partial charge is 0.225 e. The molecule has 1 amide bonds. The Morgan fingerprint density at radius 2 is 2.13 bits per heavy atom. The molecule has 3 N–H and O–H groups in total. The third-order valence-electron chi connectivity index (χ3n) is 4.39. The Morgan fingerprint density at radius 1 is 1.30 bits per heavy atom. The zero-order chi connectivity index (χ0) is 16.3. The first-order chi connectivity index (χ1) is 11.1. The standard InChI is InChI=1S/C17H17N5O/c18-10-12-3-1-4-13(9-12)14-5-6-15(22-21-14)20-11-17(16(19)23)7-2-8-17/h1,3-6,9H,2,7-8,11H2,(H2,19,23)(H,20,22). The van der Waals surface area contributed by atoms with Crippen LogP contribution >= 0.6 is 0 Å². The average Bonchev–Trinajstić information content (AvgIpc) is 2.54. The fourth-order valence-electron chi connectivity index (χ4n) is 2.70. The van der Waals surface area contributed by atoms with Gasteiger partial charge in [-0.05, 0) is 37.1 Å². The van der Waals surface area contributed by atoms with E-state index in [1.165, 1.54) is 0 Å². The first-order valence-corrected chi connectivity index (χ1v) is 7.51. The minimum absolute atomic E-state index is 0.255. The van der Waals surface area contributed by atoms with Crippen LogP contribution in [0.25, 0.3) is 11.3 Å². The Labute approximate surface area is 134 Å². The van der Waals surface area contributed by atoms with Crippen LogP contribution in [0.1, 0.15) is 24.8 Å². The molecule has 6 heteroatoms. The molecule has 1 fully saturated rings. The topological polar surface area (TPSA) is 105 Å². The van der Waals surface area contributed by atoms with Gasteiger partial charge in [-0.15, -0.1) is 10.2 Å². The molecule has 0 unspecified atom stereocenters. The summed E-state index contributed by atoms with van der Waals surface area (Å²) in [5.41, 5.74) is 7.16. The van der Waals surface area contributed by atoms with Gasteiger partial charge in [-0.1, -0.05) is 18.6 Å². The second-order valence-corrected chi connectivity index (χ2v) is 5.85. The van der Waals surface area contributed by atoms with Crippen molar-refractivity contribution in [3.63, 3.8) is 0 Å². The highest BCUT2D eigenvalue weighted by atomic mass is 16.1. The monoisotopic (exact) mass is 307 g/mol. The number of aromatic nitrogens is 2. The SMILES string of the molecule is N#Cc1cccc(-c2ccc(NCC3(C(N)=O)CCC3)nn2)c1. The summed E-state index contributed by atoms with van der Waals surface area (Å²) in [4.78, 5) is 11.5. The lowest BCUT2D eigenvalue weighted by atomic mass is 9.68. The van der Waals surface area contributed by atoms with E-state index < -0.39 is 5.41 Å². The number of carbonyl (C=O) groups is 1. The number of amides is 1. The molecule has 0 aliphatic heterocycles. The lowest BCUT2D eigenvalue weighted by Gasteiger charge is -2.38. The molecule has 1 aliphatic carbocycles. The molecule has 23 heavy (non-hydrogen) atoms. The number of nitriles is 1. The highest BCUT2D eigenvalue weighted by Gasteiger charge is 2.42. The molecule has 0 bridgehead atoms. The fraction of sp³-hybridized carbons (Fsp3) is 0.294. The van der Waals surface area contributed by atoms with E-state index in [1.54, 1.807) is 12.1 Å². The number of hydrogen-bond donors (Lipinski definition) is 2. The predicted octanol–water partition coefficient (Wildman–Crippen LogP) is 2.08. The van der Waals surface area contributed by atoms with Crippen LogP contribution in [0.4, 0.5) is 5.82 Å². The third kappa shape index (κ3) is 2.99. The van der Waals surface area contributed by atoms with Gasteiger partial charge in [0.2, 0.25) is 5.91 Å². The first kappa shape index (κ1) is 15.0. The van der Waals surface area contributed by atoms with Crippen molar-refractivity contribution < 1.29 is 4.79 Å². The maximum Gasteiger partial charge on any atom is 0.225 e. The quantitative estimate of drug-likeness (QED) is 0.880. The predicted molar refractivity (Wildman–Crippen MR) is 86.2 cm³/mol. The summed E-state index contributed by atoms with van der Waals surface area (Å²) in [5, 5.41) is 20.4. The van der Waals surface area contributed by atoms with Gasteiger partial charge in [0, 0.05) is 12.1 Å². The molecule has 1 aromatic heterocycles. The summed E-state index contributed by atoms with van der Waals surface area (Å²) in [6, 6.07) is 13.0. The molecule has 1 heterocycles. The van der Waals surface area contributed by atoms with Crippen molar-refractivity contribution in [3.8, 4) is 17.3 Å². The zero-order valence-electron chi connectivity index (χ0n) is 12.6. The van der Waals surface area contributed by atoms with Crippen LogP contribution in [0, 0.1) is 16.7 Å². The molecule has 0 atom stereocenters. The van der Waals surface area contributed by atoms with Crippen molar-refractivity contribution in [2.75, 3.05) is 11.9 Å². The normalized spacial score (nSPS) is 15.3. The summed E-state index contributed by atoms with van der Waals surface area (Å²) in [7, 11) is 0. The largest absolute Gasteiger partial charge is 0.369 e. The third-order valence-corrected chi connectivity index (χ3v) is 4.39. The fourth-order valence-corrected chi connectivity index (χ4v) is 2.70. The minimum atomic E-state index is -0.443. The van der Waals surface area contributed by atoms with Gasteiger partial charge in [0.15, 0.2) is 0 Å². The summed E-state index contributed by atoms with van der Waals surface area (Å²) < 4.78 is 0. The number of carbonyl (C=O) groups excluding carboxylic acids is 1. The van der Waals surface area contributed by atoms with Crippen molar-refractivity contribution in [3.05, 3.63) is 42.0 Å². The van der Waals surface area contributed by atoms with Crippen molar-refractivity contribution in [1.82, 2.24) is 10.2 Å². The van der Waals surface area contributed by atoms with Crippen LogP contribution in [0.15, 0.2) is 36.4 Å². The van der Waals surface area contributed by atoms with Gasteiger partial charge in [-0.25, -0.2) is 0 Å². The number of anilines is 1. The molecule has 0 radical (unpaired) electrons. The van der Waals surface area contributed by atoms with E-state index in [0.29, 0.717) is 23.6 Å². The van der Waals surface area contributed by atoms with Crippen LogP contribution in [-0.4, -0.2) is 22.6 Å². The van der Waals surface area contributed by atoms with Gasteiger partial charge in [0.1, 0.15) is 5.82 Å². The molecule has 6 nitrogen and oxygen atoms in total.